The van der Waals surface area contributed by atoms with Gasteiger partial charge in [0.1, 0.15) is 0 Å². The maximum Gasteiger partial charge on any atom is 0.255 e. The zero-order valence-electron chi connectivity index (χ0n) is 16.6. The minimum atomic E-state index is -0.0237. The molecule has 2 aliphatic rings. The third kappa shape index (κ3) is 3.66. The molecule has 0 aromatic carbocycles. The summed E-state index contributed by atoms with van der Waals surface area (Å²) in [4.78, 5) is 41.2. The van der Waals surface area contributed by atoms with E-state index in [1.807, 2.05) is 35.9 Å². The normalized spacial score (nSPS) is 22.7. The molecule has 1 unspecified atom stereocenters. The molecule has 1 spiro atoms. The molecule has 1 atom stereocenters. The third-order valence-electron chi connectivity index (χ3n) is 6.07. The molecule has 0 aliphatic carbocycles. The van der Waals surface area contributed by atoms with Gasteiger partial charge in [0.2, 0.25) is 5.91 Å². The van der Waals surface area contributed by atoms with Gasteiger partial charge in [0.25, 0.3) is 5.91 Å². The Hall–Kier alpha value is -2.70. The molecule has 2 aromatic heterocycles. The first-order chi connectivity index (χ1) is 13.5. The molecule has 2 saturated heterocycles. The summed E-state index contributed by atoms with van der Waals surface area (Å²) >= 11 is 0. The Labute approximate surface area is 165 Å². The van der Waals surface area contributed by atoms with Crippen LogP contribution in [0.4, 0.5) is 0 Å². The number of likely N-dealkylation sites (tertiary alicyclic amines) is 2. The highest BCUT2D eigenvalue weighted by molar-refractivity contribution is 5.95. The summed E-state index contributed by atoms with van der Waals surface area (Å²) in [6.07, 6.45) is 8.69. The number of aromatic amines is 1. The number of piperidine rings is 2. The van der Waals surface area contributed by atoms with Crippen LogP contribution >= 0.6 is 0 Å². The minimum Gasteiger partial charge on any atom is -0.365 e. The lowest BCUT2D eigenvalue weighted by molar-refractivity contribution is -0.139. The molecule has 2 aromatic rings. The van der Waals surface area contributed by atoms with E-state index in [-0.39, 0.29) is 17.2 Å². The van der Waals surface area contributed by atoms with Gasteiger partial charge in [-0.3, -0.25) is 19.6 Å². The number of aromatic nitrogens is 3. The van der Waals surface area contributed by atoms with Crippen LogP contribution in [0.25, 0.3) is 0 Å². The number of carbonyl (C=O) groups excluding carboxylic acids is 2. The summed E-state index contributed by atoms with van der Waals surface area (Å²) < 4.78 is 0. The molecule has 7 nitrogen and oxygen atoms in total. The first-order valence-corrected chi connectivity index (χ1v) is 9.94. The zero-order chi connectivity index (χ0) is 19.7. The minimum absolute atomic E-state index is 0.0237. The highest BCUT2D eigenvalue weighted by Gasteiger charge is 2.43. The Morgan fingerprint density at radius 2 is 2.07 bits per heavy atom. The van der Waals surface area contributed by atoms with E-state index in [0.717, 1.165) is 48.5 Å². The van der Waals surface area contributed by atoms with Gasteiger partial charge in [-0.15, -0.1) is 0 Å². The van der Waals surface area contributed by atoms with Crippen LogP contribution in [0.15, 0.2) is 24.7 Å². The topological polar surface area (TPSA) is 82.2 Å². The van der Waals surface area contributed by atoms with Crippen molar-refractivity contribution in [2.24, 2.45) is 5.41 Å². The predicted octanol–water partition coefficient (Wildman–Crippen LogP) is 2.47. The van der Waals surface area contributed by atoms with Crippen LogP contribution < -0.4 is 0 Å². The van der Waals surface area contributed by atoms with Crippen molar-refractivity contribution < 1.29 is 9.59 Å². The van der Waals surface area contributed by atoms with Gasteiger partial charge < -0.3 is 14.8 Å². The van der Waals surface area contributed by atoms with E-state index in [2.05, 4.69) is 15.0 Å². The van der Waals surface area contributed by atoms with Crippen LogP contribution in [0.3, 0.4) is 0 Å². The van der Waals surface area contributed by atoms with E-state index in [1.54, 1.807) is 12.4 Å². The van der Waals surface area contributed by atoms with Crippen molar-refractivity contribution in [1.29, 1.82) is 0 Å². The van der Waals surface area contributed by atoms with Crippen molar-refractivity contribution in [2.45, 2.75) is 46.1 Å². The van der Waals surface area contributed by atoms with E-state index < -0.39 is 0 Å². The van der Waals surface area contributed by atoms with Crippen LogP contribution in [0.2, 0.25) is 0 Å². The third-order valence-corrected chi connectivity index (χ3v) is 6.07. The highest BCUT2D eigenvalue weighted by Crippen LogP contribution is 2.39. The summed E-state index contributed by atoms with van der Waals surface area (Å²) in [5.41, 5.74) is 3.30. The summed E-state index contributed by atoms with van der Waals surface area (Å²) in [6.45, 7) is 6.48. The van der Waals surface area contributed by atoms with Crippen LogP contribution in [0, 0.1) is 19.3 Å². The fraction of sp³-hybridized carbons (Fsp3) is 0.524. The van der Waals surface area contributed by atoms with Crippen LogP contribution in [-0.2, 0) is 11.3 Å². The number of hydrogen-bond donors (Lipinski definition) is 1. The van der Waals surface area contributed by atoms with Gasteiger partial charge in [0, 0.05) is 49.6 Å². The number of rotatable bonds is 3. The maximum absolute atomic E-state index is 13.0. The molecule has 2 amide bonds. The molecular weight excluding hydrogens is 354 g/mol. The molecule has 1 N–H and O–H groups in total. The van der Waals surface area contributed by atoms with E-state index in [0.29, 0.717) is 26.1 Å². The van der Waals surface area contributed by atoms with Gasteiger partial charge in [-0.1, -0.05) is 0 Å². The van der Waals surface area contributed by atoms with Gasteiger partial charge in [-0.25, -0.2) is 0 Å². The number of H-pyrrole nitrogens is 1. The fourth-order valence-electron chi connectivity index (χ4n) is 4.51. The molecule has 28 heavy (non-hydrogen) atoms. The molecule has 148 valence electrons. The summed E-state index contributed by atoms with van der Waals surface area (Å²) in [6, 6.07) is 1.85. The SMILES string of the molecule is Cc1cnc(CN2CC3(CCCN(C(=O)c4cc[nH]c4C)C3)CCC2=O)cn1. The lowest BCUT2D eigenvalue weighted by atomic mass is 9.73. The van der Waals surface area contributed by atoms with Crippen LogP contribution in [-0.4, -0.2) is 56.2 Å². The summed E-state index contributed by atoms with van der Waals surface area (Å²) in [5.74, 6) is 0.253. The second-order valence-corrected chi connectivity index (χ2v) is 8.25. The highest BCUT2D eigenvalue weighted by atomic mass is 16.2. The fourth-order valence-corrected chi connectivity index (χ4v) is 4.51. The Balaban J connectivity index is 1.48. The molecule has 0 radical (unpaired) electrons. The van der Waals surface area contributed by atoms with Gasteiger partial charge >= 0.3 is 0 Å². The van der Waals surface area contributed by atoms with Gasteiger partial charge in [-0.2, -0.15) is 0 Å². The van der Waals surface area contributed by atoms with E-state index in [4.69, 9.17) is 0 Å². The van der Waals surface area contributed by atoms with Gasteiger partial charge in [0.15, 0.2) is 0 Å². The quantitative estimate of drug-likeness (QED) is 0.885. The molecule has 2 fully saturated rings. The van der Waals surface area contributed by atoms with Crippen LogP contribution in [0.1, 0.15) is 53.1 Å². The van der Waals surface area contributed by atoms with Crippen molar-refractivity contribution in [2.75, 3.05) is 19.6 Å². The Kier molecular flexibility index (Phi) is 4.91. The Morgan fingerprint density at radius 1 is 1.21 bits per heavy atom. The number of hydrogen-bond acceptors (Lipinski definition) is 4. The largest absolute Gasteiger partial charge is 0.365 e. The first kappa shape index (κ1) is 18.7. The average molecular weight is 381 g/mol. The van der Waals surface area contributed by atoms with Gasteiger partial charge in [0.05, 0.1) is 29.7 Å². The summed E-state index contributed by atoms with van der Waals surface area (Å²) in [5, 5.41) is 0. The van der Waals surface area contributed by atoms with E-state index in [1.165, 1.54) is 0 Å². The van der Waals surface area contributed by atoms with Crippen molar-refractivity contribution in [1.82, 2.24) is 24.8 Å². The Bertz CT molecular complexity index is 875. The molecule has 4 rings (SSSR count). The van der Waals surface area contributed by atoms with E-state index in [9.17, 15) is 9.59 Å². The number of nitrogens with one attached hydrogen (secondary N) is 1. The summed E-state index contributed by atoms with van der Waals surface area (Å²) in [7, 11) is 0. The van der Waals surface area contributed by atoms with Crippen molar-refractivity contribution in [3.05, 3.63) is 47.3 Å². The maximum atomic E-state index is 13.0. The monoisotopic (exact) mass is 381 g/mol. The van der Waals surface area contributed by atoms with Gasteiger partial charge in [-0.05, 0) is 39.2 Å². The number of carbonyl (C=O) groups is 2. The number of amides is 2. The number of nitrogens with zero attached hydrogens (tertiary/aromatic N) is 4. The Morgan fingerprint density at radius 3 is 2.79 bits per heavy atom. The first-order valence-electron chi connectivity index (χ1n) is 9.94. The standard InChI is InChI=1S/C21H27N5O2/c1-15-10-24-17(11-23-15)12-26-14-21(7-4-19(26)27)6-3-9-25(13-21)20(28)18-5-8-22-16(18)2/h5,8,10-11,22H,3-4,6-7,9,12-14H2,1-2H3. The predicted molar refractivity (Wildman–Crippen MR) is 105 cm³/mol. The second-order valence-electron chi connectivity index (χ2n) is 8.25. The molecule has 0 saturated carbocycles. The lowest BCUT2D eigenvalue weighted by Gasteiger charge is -2.48. The second kappa shape index (κ2) is 7.37. The average Bonchev–Trinajstić information content (AvgIpc) is 3.12. The molecule has 4 heterocycles. The zero-order valence-corrected chi connectivity index (χ0v) is 16.6. The van der Waals surface area contributed by atoms with Crippen molar-refractivity contribution >= 4 is 11.8 Å². The van der Waals surface area contributed by atoms with Crippen molar-refractivity contribution in [3.8, 4) is 0 Å². The van der Waals surface area contributed by atoms with Crippen molar-refractivity contribution in [3.63, 3.8) is 0 Å². The van der Waals surface area contributed by atoms with E-state index >= 15 is 0 Å². The molecule has 7 heteroatoms. The molecule has 2 aliphatic heterocycles. The number of aryl methyl sites for hydroxylation is 2. The van der Waals surface area contributed by atoms with Crippen LogP contribution in [0.5, 0.6) is 0 Å². The lowest BCUT2D eigenvalue weighted by Crippen LogP contribution is -2.54. The molecular formula is C21H27N5O2. The smallest absolute Gasteiger partial charge is 0.255 e. The molecule has 0 bridgehead atoms.